The van der Waals surface area contributed by atoms with E-state index in [0.717, 1.165) is 29.4 Å². The fourth-order valence-electron chi connectivity index (χ4n) is 3.33. The van der Waals surface area contributed by atoms with E-state index in [1.807, 2.05) is 17.8 Å². The van der Waals surface area contributed by atoms with Gasteiger partial charge in [-0.15, -0.1) is 22.7 Å². The molecule has 25 heavy (non-hydrogen) atoms. The Balaban J connectivity index is 1.59. The van der Waals surface area contributed by atoms with E-state index in [2.05, 4.69) is 44.6 Å². The van der Waals surface area contributed by atoms with Gasteiger partial charge in [-0.25, -0.2) is 15.0 Å². The first-order valence-electron chi connectivity index (χ1n) is 8.64. The molecule has 0 aliphatic carbocycles. The second-order valence-corrected chi connectivity index (χ2v) is 7.92. The summed E-state index contributed by atoms with van der Waals surface area (Å²) in [5.41, 5.74) is 1.96. The molecule has 5 nitrogen and oxygen atoms in total. The van der Waals surface area contributed by atoms with Crippen molar-refractivity contribution in [1.82, 2.24) is 19.9 Å². The van der Waals surface area contributed by atoms with Crippen LogP contribution in [0.5, 0.6) is 0 Å². The Labute approximate surface area is 155 Å². The van der Waals surface area contributed by atoms with Crippen molar-refractivity contribution in [2.45, 2.75) is 25.8 Å². The Bertz CT molecular complexity index is 801. The van der Waals surface area contributed by atoms with Crippen molar-refractivity contribution in [1.29, 1.82) is 0 Å². The van der Waals surface area contributed by atoms with Crippen LogP contribution in [0.3, 0.4) is 0 Å². The lowest BCUT2D eigenvalue weighted by Crippen LogP contribution is -2.34. The van der Waals surface area contributed by atoms with Crippen molar-refractivity contribution in [3.63, 3.8) is 0 Å². The summed E-state index contributed by atoms with van der Waals surface area (Å²) in [7, 11) is 0. The third-order valence-corrected chi connectivity index (χ3v) is 6.29. The fourth-order valence-corrected chi connectivity index (χ4v) is 4.71. The summed E-state index contributed by atoms with van der Waals surface area (Å²) in [6, 6.07) is 4.73. The third kappa shape index (κ3) is 3.58. The maximum absolute atomic E-state index is 4.80. The Hall–Kier alpha value is -1.83. The highest BCUT2D eigenvalue weighted by molar-refractivity contribution is 7.14. The highest BCUT2D eigenvalue weighted by Crippen LogP contribution is 2.34. The van der Waals surface area contributed by atoms with Crippen LogP contribution in [0.15, 0.2) is 35.3 Å². The smallest absolute Gasteiger partial charge is 0.223 e. The Morgan fingerprint density at radius 3 is 3.00 bits per heavy atom. The molecule has 7 heteroatoms. The zero-order chi connectivity index (χ0) is 17.1. The Kier molecular flexibility index (Phi) is 5.05. The summed E-state index contributed by atoms with van der Waals surface area (Å²) >= 11 is 3.31. The summed E-state index contributed by atoms with van der Waals surface area (Å²) in [4.78, 5) is 17.5. The number of rotatable bonds is 6. The van der Waals surface area contributed by atoms with Gasteiger partial charge in [0.1, 0.15) is 10.7 Å². The Morgan fingerprint density at radius 2 is 2.24 bits per heavy atom. The number of anilines is 1. The molecule has 1 saturated heterocycles. The number of likely N-dealkylation sites (tertiary alicyclic amines) is 1. The van der Waals surface area contributed by atoms with Crippen LogP contribution in [-0.4, -0.2) is 45.5 Å². The predicted molar refractivity (Wildman–Crippen MR) is 105 cm³/mol. The monoisotopic (exact) mass is 371 g/mol. The Morgan fingerprint density at radius 1 is 1.28 bits per heavy atom. The maximum Gasteiger partial charge on any atom is 0.223 e. The van der Waals surface area contributed by atoms with E-state index in [-0.39, 0.29) is 0 Å². The second-order valence-electron chi connectivity index (χ2n) is 6.08. The van der Waals surface area contributed by atoms with Crippen LogP contribution in [0.2, 0.25) is 0 Å². The predicted octanol–water partition coefficient (Wildman–Crippen LogP) is 4.22. The number of thiazole rings is 1. The van der Waals surface area contributed by atoms with Crippen molar-refractivity contribution in [3.8, 4) is 21.1 Å². The summed E-state index contributed by atoms with van der Waals surface area (Å²) in [6.45, 7) is 5.43. The lowest BCUT2D eigenvalue weighted by molar-refractivity contribution is 0.277. The van der Waals surface area contributed by atoms with Crippen molar-refractivity contribution < 1.29 is 0 Å². The first-order valence-corrected chi connectivity index (χ1v) is 10.4. The van der Waals surface area contributed by atoms with Gasteiger partial charge in [-0.2, -0.15) is 0 Å². The molecule has 0 amide bonds. The van der Waals surface area contributed by atoms with Gasteiger partial charge < -0.3 is 5.32 Å². The van der Waals surface area contributed by atoms with E-state index in [9.17, 15) is 0 Å². The van der Waals surface area contributed by atoms with Gasteiger partial charge in [0, 0.05) is 40.8 Å². The molecule has 4 rings (SSSR count). The number of likely N-dealkylation sites (N-methyl/N-ethyl adjacent to an activating group) is 1. The molecular formula is C18H21N5S2. The lowest BCUT2D eigenvalue weighted by atomic mass is 10.2. The molecule has 130 valence electrons. The molecule has 4 heterocycles. The van der Waals surface area contributed by atoms with E-state index in [0.29, 0.717) is 12.0 Å². The molecule has 0 saturated carbocycles. The van der Waals surface area contributed by atoms with Gasteiger partial charge in [0.25, 0.3) is 0 Å². The maximum atomic E-state index is 4.80. The second kappa shape index (κ2) is 7.59. The fraction of sp³-hybridized carbons (Fsp3) is 0.389. The summed E-state index contributed by atoms with van der Waals surface area (Å²) in [5.74, 6) is 0.688. The van der Waals surface area contributed by atoms with Crippen LogP contribution < -0.4 is 5.32 Å². The summed E-state index contributed by atoms with van der Waals surface area (Å²) in [5, 5.41) is 8.44. The molecular weight excluding hydrogens is 350 g/mol. The molecule has 0 aromatic carbocycles. The molecule has 3 aromatic heterocycles. The lowest BCUT2D eigenvalue weighted by Gasteiger charge is -2.23. The third-order valence-electron chi connectivity index (χ3n) is 4.61. The van der Waals surface area contributed by atoms with Crippen LogP contribution in [-0.2, 0) is 0 Å². The van der Waals surface area contributed by atoms with Gasteiger partial charge in [-0.05, 0) is 37.4 Å². The van der Waals surface area contributed by atoms with Gasteiger partial charge in [0.2, 0.25) is 5.95 Å². The van der Waals surface area contributed by atoms with E-state index in [4.69, 9.17) is 4.98 Å². The number of hydrogen-bond donors (Lipinski definition) is 1. The average Bonchev–Trinajstić information content (AvgIpc) is 3.42. The quantitative estimate of drug-likeness (QED) is 0.703. The van der Waals surface area contributed by atoms with E-state index in [1.54, 1.807) is 22.7 Å². The molecule has 1 aliphatic heterocycles. The first kappa shape index (κ1) is 16.6. The number of nitrogens with zero attached hydrogens (tertiary/aromatic N) is 4. The van der Waals surface area contributed by atoms with E-state index >= 15 is 0 Å². The normalized spacial score (nSPS) is 17.9. The topological polar surface area (TPSA) is 53.9 Å². The van der Waals surface area contributed by atoms with Crippen LogP contribution >= 0.6 is 22.7 Å². The highest BCUT2D eigenvalue weighted by Gasteiger charge is 2.23. The summed E-state index contributed by atoms with van der Waals surface area (Å²) in [6.07, 6.45) is 6.27. The zero-order valence-electron chi connectivity index (χ0n) is 14.2. The summed E-state index contributed by atoms with van der Waals surface area (Å²) < 4.78 is 0. The highest BCUT2D eigenvalue weighted by atomic mass is 32.1. The molecule has 0 spiro atoms. The van der Waals surface area contributed by atoms with Crippen LogP contribution in [0, 0.1) is 0 Å². The van der Waals surface area contributed by atoms with Crippen LogP contribution in [0.1, 0.15) is 19.8 Å². The van der Waals surface area contributed by atoms with Crippen molar-refractivity contribution in [2.75, 3.05) is 25.0 Å². The molecule has 0 radical (unpaired) electrons. The minimum atomic E-state index is 0.578. The average molecular weight is 372 g/mol. The first-order chi connectivity index (χ1) is 12.3. The molecule has 1 aliphatic rings. The van der Waals surface area contributed by atoms with Crippen molar-refractivity contribution in [3.05, 3.63) is 35.3 Å². The van der Waals surface area contributed by atoms with Crippen molar-refractivity contribution >= 4 is 28.6 Å². The van der Waals surface area contributed by atoms with Crippen LogP contribution in [0.25, 0.3) is 21.1 Å². The number of aromatic nitrogens is 3. The zero-order valence-corrected chi connectivity index (χ0v) is 15.8. The number of hydrogen-bond acceptors (Lipinski definition) is 7. The van der Waals surface area contributed by atoms with Gasteiger partial charge in [0.05, 0.1) is 0 Å². The van der Waals surface area contributed by atoms with Gasteiger partial charge >= 0.3 is 0 Å². The molecule has 1 atom stereocenters. The van der Waals surface area contributed by atoms with E-state index < -0.39 is 0 Å². The van der Waals surface area contributed by atoms with Crippen molar-refractivity contribution in [2.24, 2.45) is 0 Å². The largest absolute Gasteiger partial charge is 0.353 e. The van der Waals surface area contributed by atoms with Crippen LogP contribution in [0.4, 0.5) is 5.95 Å². The SMILES string of the molecule is CCN1CCC[C@H]1CNc1ncc(-c2cccs2)c(-c2nccs2)n1. The molecule has 1 fully saturated rings. The minimum absolute atomic E-state index is 0.578. The number of thiophene rings is 1. The van der Waals surface area contributed by atoms with Gasteiger partial charge in [0.15, 0.2) is 0 Å². The molecule has 0 bridgehead atoms. The molecule has 0 unspecified atom stereocenters. The minimum Gasteiger partial charge on any atom is -0.353 e. The van der Waals surface area contributed by atoms with Gasteiger partial charge in [-0.3, -0.25) is 4.90 Å². The molecule has 3 aromatic rings. The number of nitrogens with one attached hydrogen (secondary N) is 1. The van der Waals surface area contributed by atoms with E-state index in [1.165, 1.54) is 24.3 Å². The standard InChI is InChI=1S/C18H21N5S2/c1-2-23-8-3-5-13(23)11-20-18-21-12-14(15-6-4-9-24-15)16(22-18)17-19-7-10-25-17/h4,6-7,9-10,12-13H,2-3,5,8,11H2,1H3,(H,20,21,22)/t13-/m0/s1. The van der Waals surface area contributed by atoms with Gasteiger partial charge in [-0.1, -0.05) is 13.0 Å². The molecule has 1 N–H and O–H groups in total.